The van der Waals surface area contributed by atoms with Gasteiger partial charge in [0.2, 0.25) is 0 Å². The SMILES string of the molecule is CC(C)c1cc(C#N)cc(C2CC2)c1CC(=O)N=S(N)(=O)c1ccc(CN(C)C)cc1.S.S. The first kappa shape index (κ1) is 29.2. The van der Waals surface area contributed by atoms with E-state index in [0.717, 1.165) is 41.6 Å². The van der Waals surface area contributed by atoms with E-state index in [4.69, 9.17) is 5.14 Å². The molecule has 1 fully saturated rings. The highest BCUT2D eigenvalue weighted by atomic mass is 32.2. The Morgan fingerprint density at radius 1 is 1.21 bits per heavy atom. The number of nitrogens with two attached hydrogens (primary N) is 1. The quantitative estimate of drug-likeness (QED) is 0.604. The number of rotatable bonds is 7. The van der Waals surface area contributed by atoms with Crippen molar-refractivity contribution in [3.8, 4) is 6.07 Å². The maximum Gasteiger partial charge on any atom is 0.259 e. The summed E-state index contributed by atoms with van der Waals surface area (Å²) in [6.45, 7) is 4.84. The summed E-state index contributed by atoms with van der Waals surface area (Å²) >= 11 is 0. The number of nitrogens with zero attached hydrogens (tertiary/aromatic N) is 3. The zero-order valence-electron chi connectivity index (χ0n) is 19.6. The molecule has 0 aromatic heterocycles. The van der Waals surface area contributed by atoms with Crippen molar-refractivity contribution in [3.63, 3.8) is 0 Å². The molecule has 0 radical (unpaired) electrons. The number of nitriles is 1. The Morgan fingerprint density at radius 2 is 1.82 bits per heavy atom. The lowest BCUT2D eigenvalue weighted by molar-refractivity contribution is -0.117. The zero-order valence-corrected chi connectivity index (χ0v) is 22.4. The van der Waals surface area contributed by atoms with Crippen molar-refractivity contribution in [1.82, 2.24) is 4.90 Å². The van der Waals surface area contributed by atoms with Crippen LogP contribution in [-0.2, 0) is 27.7 Å². The Bertz CT molecular complexity index is 1120. The maximum absolute atomic E-state index is 13.0. The summed E-state index contributed by atoms with van der Waals surface area (Å²) in [6, 6.07) is 13.0. The highest BCUT2D eigenvalue weighted by molar-refractivity contribution is 7.91. The highest BCUT2D eigenvalue weighted by Crippen LogP contribution is 2.44. The fourth-order valence-electron chi connectivity index (χ4n) is 3.80. The van der Waals surface area contributed by atoms with Crippen LogP contribution < -0.4 is 5.14 Å². The Morgan fingerprint density at radius 3 is 2.30 bits per heavy atom. The molecule has 1 atom stereocenters. The molecule has 0 aliphatic heterocycles. The third-order valence-corrected chi connectivity index (χ3v) is 6.83. The van der Waals surface area contributed by atoms with Gasteiger partial charge < -0.3 is 4.90 Å². The van der Waals surface area contributed by atoms with Gasteiger partial charge in [-0.25, -0.2) is 9.35 Å². The minimum Gasteiger partial charge on any atom is -0.305 e. The van der Waals surface area contributed by atoms with Crippen molar-refractivity contribution >= 4 is 42.8 Å². The highest BCUT2D eigenvalue weighted by Gasteiger charge is 2.29. The van der Waals surface area contributed by atoms with Crippen LogP contribution in [0.5, 0.6) is 0 Å². The van der Waals surface area contributed by atoms with E-state index < -0.39 is 15.8 Å². The Labute approximate surface area is 211 Å². The minimum absolute atomic E-state index is 0. The lowest BCUT2D eigenvalue weighted by Gasteiger charge is -2.17. The third kappa shape index (κ3) is 7.59. The predicted octanol–water partition coefficient (Wildman–Crippen LogP) is 4.32. The van der Waals surface area contributed by atoms with E-state index in [1.807, 2.05) is 57.1 Å². The summed E-state index contributed by atoms with van der Waals surface area (Å²) in [6.07, 6.45) is 2.15. The molecule has 3 rings (SSSR count). The van der Waals surface area contributed by atoms with Gasteiger partial charge in [0.1, 0.15) is 9.92 Å². The summed E-state index contributed by atoms with van der Waals surface area (Å²) in [5, 5.41) is 15.4. The van der Waals surface area contributed by atoms with Crippen LogP contribution >= 0.6 is 27.0 Å². The Hall–Kier alpha value is -1.83. The summed E-state index contributed by atoms with van der Waals surface area (Å²) < 4.78 is 16.9. The summed E-state index contributed by atoms with van der Waals surface area (Å²) in [5.41, 5.74) is 4.59. The lowest BCUT2D eigenvalue weighted by Crippen LogP contribution is -2.17. The van der Waals surface area contributed by atoms with Gasteiger partial charge >= 0.3 is 0 Å². The molecule has 0 saturated heterocycles. The van der Waals surface area contributed by atoms with E-state index in [0.29, 0.717) is 16.4 Å². The average Bonchev–Trinajstić information content (AvgIpc) is 3.52. The first-order chi connectivity index (χ1) is 14.6. The van der Waals surface area contributed by atoms with Crippen LogP contribution in [-0.4, -0.2) is 29.1 Å². The van der Waals surface area contributed by atoms with Crippen LogP contribution in [0.2, 0.25) is 0 Å². The van der Waals surface area contributed by atoms with Gasteiger partial charge in [-0.3, -0.25) is 4.79 Å². The van der Waals surface area contributed by atoms with Crippen LogP contribution in [0.15, 0.2) is 45.7 Å². The normalized spacial score (nSPS) is 14.6. The standard InChI is InChI=1S/C24H30N4O2S.2H2S/c1-16(2)21-11-18(14-25)12-22(19-7-8-19)23(21)13-24(29)27-31(26,30)20-9-5-17(6-10-20)15-28(3)4;;/h5-6,9-12,16,19H,7-8,13,15H2,1-4H3,(H2,26,27,29,30);2*1H2. The van der Waals surface area contributed by atoms with E-state index in [1.54, 1.807) is 12.1 Å². The molecule has 2 N–H and O–H groups in total. The first-order valence-electron chi connectivity index (χ1n) is 10.5. The molecule has 180 valence electrons. The van der Waals surface area contributed by atoms with Crippen LogP contribution in [0.25, 0.3) is 0 Å². The van der Waals surface area contributed by atoms with Crippen LogP contribution in [0.1, 0.15) is 66.3 Å². The second kappa shape index (κ2) is 12.0. The second-order valence-electron chi connectivity index (χ2n) is 8.79. The van der Waals surface area contributed by atoms with Crippen molar-refractivity contribution in [1.29, 1.82) is 5.26 Å². The molecular formula is C24H34N4O2S3. The van der Waals surface area contributed by atoms with Crippen LogP contribution in [0, 0.1) is 11.3 Å². The van der Waals surface area contributed by atoms with Gasteiger partial charge in [0.05, 0.1) is 22.9 Å². The first-order valence-corrected chi connectivity index (χ1v) is 12.1. The fraction of sp³-hybridized carbons (Fsp3) is 0.417. The molecule has 2 aromatic carbocycles. The molecule has 0 spiro atoms. The molecule has 1 saturated carbocycles. The zero-order chi connectivity index (χ0) is 22.8. The lowest BCUT2D eigenvalue weighted by atomic mass is 9.87. The molecular weight excluding hydrogens is 472 g/mol. The summed E-state index contributed by atoms with van der Waals surface area (Å²) in [7, 11) is 0.613. The summed E-state index contributed by atoms with van der Waals surface area (Å²) in [5.74, 6) is 0.0264. The van der Waals surface area contributed by atoms with Gasteiger partial charge in [0.25, 0.3) is 5.91 Å². The number of amides is 1. The average molecular weight is 507 g/mol. The minimum atomic E-state index is -3.33. The Balaban J connectivity index is 0.00000272. The van der Waals surface area contributed by atoms with Gasteiger partial charge in [-0.05, 0) is 85.3 Å². The van der Waals surface area contributed by atoms with Gasteiger partial charge in [-0.2, -0.15) is 32.3 Å². The molecule has 1 aliphatic rings. The van der Waals surface area contributed by atoms with Crippen molar-refractivity contribution in [2.45, 2.75) is 56.4 Å². The van der Waals surface area contributed by atoms with E-state index in [2.05, 4.69) is 10.4 Å². The van der Waals surface area contributed by atoms with Crippen LogP contribution in [0.4, 0.5) is 0 Å². The van der Waals surface area contributed by atoms with Crippen molar-refractivity contribution < 1.29 is 9.00 Å². The second-order valence-corrected chi connectivity index (χ2v) is 10.6. The topological polar surface area (TPSA) is 99.5 Å². The monoisotopic (exact) mass is 506 g/mol. The molecule has 9 heteroatoms. The van der Waals surface area contributed by atoms with E-state index >= 15 is 0 Å². The largest absolute Gasteiger partial charge is 0.305 e. The van der Waals surface area contributed by atoms with Crippen molar-refractivity contribution in [2.24, 2.45) is 9.50 Å². The number of hydrogen-bond donors (Lipinski definition) is 1. The molecule has 0 bridgehead atoms. The number of carbonyl (C=O) groups excluding carboxylic acids is 1. The molecule has 1 aliphatic carbocycles. The smallest absolute Gasteiger partial charge is 0.259 e. The maximum atomic E-state index is 13.0. The van der Waals surface area contributed by atoms with E-state index in [1.165, 1.54) is 0 Å². The Kier molecular flexibility index (Phi) is 10.7. The molecule has 0 heterocycles. The van der Waals surface area contributed by atoms with E-state index in [9.17, 15) is 14.3 Å². The number of benzene rings is 2. The number of carbonyl (C=O) groups is 1. The predicted molar refractivity (Wildman–Crippen MR) is 144 cm³/mol. The van der Waals surface area contributed by atoms with Gasteiger partial charge in [0, 0.05) is 6.54 Å². The molecule has 6 nitrogen and oxygen atoms in total. The van der Waals surface area contributed by atoms with Crippen molar-refractivity contribution in [2.75, 3.05) is 14.1 Å². The van der Waals surface area contributed by atoms with E-state index in [-0.39, 0.29) is 39.3 Å². The van der Waals surface area contributed by atoms with Gasteiger partial charge in [-0.15, -0.1) is 4.36 Å². The molecule has 1 unspecified atom stereocenters. The van der Waals surface area contributed by atoms with Gasteiger partial charge in [0.15, 0.2) is 0 Å². The number of hydrogen-bond acceptors (Lipinski definition) is 4. The molecule has 1 amide bonds. The van der Waals surface area contributed by atoms with Gasteiger partial charge in [-0.1, -0.05) is 26.0 Å². The summed E-state index contributed by atoms with van der Waals surface area (Å²) in [4.78, 5) is 15.2. The van der Waals surface area contributed by atoms with Crippen LogP contribution in [0.3, 0.4) is 0 Å². The third-order valence-electron chi connectivity index (χ3n) is 5.41. The fourth-order valence-corrected chi connectivity index (χ4v) is 4.80. The van der Waals surface area contributed by atoms with Crippen molar-refractivity contribution in [3.05, 3.63) is 64.2 Å². The molecule has 2 aromatic rings. The molecule has 33 heavy (non-hydrogen) atoms.